The molecule has 3 rings (SSSR count). The van der Waals surface area contributed by atoms with E-state index in [0.29, 0.717) is 0 Å². The van der Waals surface area contributed by atoms with E-state index in [2.05, 4.69) is 52.0 Å². The third-order valence-corrected chi connectivity index (χ3v) is 4.73. The van der Waals surface area contributed by atoms with Crippen LogP contribution in [0, 0.1) is 10.8 Å². The van der Waals surface area contributed by atoms with Gasteiger partial charge in [-0.15, -0.1) is 0 Å². The van der Waals surface area contributed by atoms with Gasteiger partial charge in [-0.05, 0) is 41.4 Å². The number of allylic oxidation sites excluding steroid dienone is 12. The Morgan fingerprint density at radius 1 is 0.667 bits per heavy atom. The Morgan fingerprint density at radius 2 is 1.10 bits per heavy atom. The van der Waals surface area contributed by atoms with Crippen LogP contribution in [0.3, 0.4) is 0 Å². The normalized spacial score (nSPS) is 32.1. The molecule has 0 saturated carbocycles. The van der Waals surface area contributed by atoms with Gasteiger partial charge in [-0.3, -0.25) is 0 Å². The van der Waals surface area contributed by atoms with Crippen LogP contribution in [0.25, 0.3) is 0 Å². The van der Waals surface area contributed by atoms with Crippen molar-refractivity contribution in [2.75, 3.05) is 0 Å². The molecule has 0 radical (unpaired) electrons. The van der Waals surface area contributed by atoms with Crippen molar-refractivity contribution in [2.24, 2.45) is 10.8 Å². The largest absolute Gasteiger partial charge is 0.235 e. The maximum atomic E-state index is 14.3. The number of halogens is 1. The lowest BCUT2D eigenvalue weighted by Gasteiger charge is -2.25. The molecular formula is C20H23F. The molecule has 1 atom stereocenters. The van der Waals surface area contributed by atoms with Gasteiger partial charge in [-0.1, -0.05) is 64.2 Å². The van der Waals surface area contributed by atoms with E-state index in [1.165, 1.54) is 16.7 Å². The van der Waals surface area contributed by atoms with Gasteiger partial charge in [-0.25, -0.2) is 4.39 Å². The molecule has 0 nitrogen and oxygen atoms in total. The minimum atomic E-state index is -1.37. The van der Waals surface area contributed by atoms with Gasteiger partial charge in [0.15, 0.2) is 0 Å². The zero-order valence-electron chi connectivity index (χ0n) is 13.5. The van der Waals surface area contributed by atoms with E-state index in [1.807, 2.05) is 12.2 Å². The first-order chi connectivity index (χ1) is 9.62. The first kappa shape index (κ1) is 14.3. The summed E-state index contributed by atoms with van der Waals surface area (Å²) >= 11 is 0. The monoisotopic (exact) mass is 282 g/mol. The number of hydrogen-bond donors (Lipinski definition) is 0. The van der Waals surface area contributed by atoms with E-state index in [0.717, 1.165) is 5.57 Å². The molecule has 1 heteroatoms. The second-order valence-electron chi connectivity index (χ2n) is 7.59. The molecule has 0 heterocycles. The van der Waals surface area contributed by atoms with Crippen molar-refractivity contribution in [3.63, 3.8) is 0 Å². The molecular weight excluding hydrogens is 259 g/mol. The number of alkyl halides is 1. The van der Waals surface area contributed by atoms with Gasteiger partial charge in [0, 0.05) is 10.8 Å². The minimum Gasteiger partial charge on any atom is -0.235 e. The fraction of sp³-hybridized carbons (Fsp3) is 0.400. The summed E-state index contributed by atoms with van der Waals surface area (Å²) in [5, 5.41) is 0. The van der Waals surface area contributed by atoms with Gasteiger partial charge in [0.1, 0.15) is 5.67 Å². The van der Waals surface area contributed by atoms with Crippen LogP contribution in [0.15, 0.2) is 70.9 Å². The molecule has 0 fully saturated rings. The van der Waals surface area contributed by atoms with Crippen molar-refractivity contribution in [1.82, 2.24) is 0 Å². The Kier molecular flexibility index (Phi) is 2.86. The zero-order valence-corrected chi connectivity index (χ0v) is 13.5. The Hall–Kier alpha value is -1.63. The third kappa shape index (κ3) is 2.29. The van der Waals surface area contributed by atoms with Crippen molar-refractivity contribution in [2.45, 2.75) is 40.3 Å². The summed E-state index contributed by atoms with van der Waals surface area (Å²) in [5.41, 5.74) is 3.52. The predicted octanol–water partition coefficient (Wildman–Crippen LogP) is 5.63. The quantitative estimate of drug-likeness (QED) is 0.540. The van der Waals surface area contributed by atoms with Crippen molar-refractivity contribution >= 4 is 0 Å². The lowest BCUT2D eigenvalue weighted by Crippen LogP contribution is -2.14. The van der Waals surface area contributed by atoms with E-state index >= 15 is 0 Å². The average molecular weight is 282 g/mol. The second-order valence-corrected chi connectivity index (χ2v) is 7.59. The fourth-order valence-corrected chi connectivity index (χ4v) is 3.26. The van der Waals surface area contributed by atoms with Gasteiger partial charge in [0.25, 0.3) is 0 Å². The van der Waals surface area contributed by atoms with Crippen LogP contribution < -0.4 is 0 Å². The summed E-state index contributed by atoms with van der Waals surface area (Å²) in [6.07, 6.45) is 16.2. The van der Waals surface area contributed by atoms with Crippen LogP contribution in [-0.4, -0.2) is 5.67 Å². The van der Waals surface area contributed by atoms with Gasteiger partial charge in [-0.2, -0.15) is 0 Å². The molecule has 0 aliphatic heterocycles. The topological polar surface area (TPSA) is 0 Å². The summed E-state index contributed by atoms with van der Waals surface area (Å²) in [5.74, 6) is 0. The Morgan fingerprint density at radius 3 is 1.71 bits per heavy atom. The molecule has 21 heavy (non-hydrogen) atoms. The minimum absolute atomic E-state index is 0.0556. The van der Waals surface area contributed by atoms with E-state index < -0.39 is 5.67 Å². The Bertz CT molecular complexity index is 613. The highest BCUT2D eigenvalue weighted by molar-refractivity contribution is 5.68. The molecule has 0 amide bonds. The van der Waals surface area contributed by atoms with Gasteiger partial charge < -0.3 is 0 Å². The second kappa shape index (κ2) is 4.19. The van der Waals surface area contributed by atoms with Gasteiger partial charge >= 0.3 is 0 Å². The van der Waals surface area contributed by atoms with Crippen molar-refractivity contribution < 1.29 is 4.39 Å². The molecule has 0 aromatic carbocycles. The number of hydrogen-bond acceptors (Lipinski definition) is 0. The molecule has 0 aromatic rings. The Balaban J connectivity index is 2.19. The summed E-state index contributed by atoms with van der Waals surface area (Å²) in [6, 6.07) is 0. The summed E-state index contributed by atoms with van der Waals surface area (Å²) in [4.78, 5) is 0. The van der Waals surface area contributed by atoms with Crippen molar-refractivity contribution in [3.05, 3.63) is 70.9 Å². The molecule has 3 aliphatic rings. The average Bonchev–Trinajstić information content (AvgIpc) is 2.51. The van der Waals surface area contributed by atoms with E-state index in [-0.39, 0.29) is 10.8 Å². The number of fused-ring (bicyclic) bond motifs is 1. The highest BCUT2D eigenvalue weighted by Gasteiger charge is 2.38. The molecule has 0 aromatic heterocycles. The standard InChI is InChI=1S/C20H23F/c1-18(2)10-6-14-15-7-12-20(5,21)13-9-17(15)19(3,4)16(14)8-11-18/h6-13H,1-5H3. The molecule has 0 bridgehead atoms. The SMILES string of the molecule is CC1(C)C=CC2=C(C=C1)C(C)(C)C1=C2C=CC(C)(F)C=C1. The van der Waals surface area contributed by atoms with Gasteiger partial charge in [0.05, 0.1) is 0 Å². The summed E-state index contributed by atoms with van der Waals surface area (Å²) < 4.78 is 14.3. The smallest absolute Gasteiger partial charge is 0.145 e. The van der Waals surface area contributed by atoms with Crippen LogP contribution in [0.4, 0.5) is 4.39 Å². The third-order valence-electron chi connectivity index (χ3n) is 4.73. The van der Waals surface area contributed by atoms with Crippen LogP contribution in [0.2, 0.25) is 0 Å². The molecule has 0 saturated heterocycles. The predicted molar refractivity (Wildman–Crippen MR) is 87.7 cm³/mol. The van der Waals surface area contributed by atoms with Gasteiger partial charge in [0.2, 0.25) is 0 Å². The highest BCUT2D eigenvalue weighted by atomic mass is 19.1. The lowest BCUT2D eigenvalue weighted by atomic mass is 9.79. The van der Waals surface area contributed by atoms with E-state index in [1.54, 1.807) is 19.1 Å². The maximum absolute atomic E-state index is 14.3. The van der Waals surface area contributed by atoms with E-state index in [9.17, 15) is 4.39 Å². The van der Waals surface area contributed by atoms with Crippen molar-refractivity contribution in [3.8, 4) is 0 Å². The first-order valence-corrected chi connectivity index (χ1v) is 7.58. The molecule has 0 spiro atoms. The van der Waals surface area contributed by atoms with E-state index in [4.69, 9.17) is 0 Å². The van der Waals surface area contributed by atoms with Crippen LogP contribution in [0.5, 0.6) is 0 Å². The highest BCUT2D eigenvalue weighted by Crippen LogP contribution is 2.51. The summed E-state index contributed by atoms with van der Waals surface area (Å²) in [7, 11) is 0. The lowest BCUT2D eigenvalue weighted by molar-refractivity contribution is 0.328. The first-order valence-electron chi connectivity index (χ1n) is 7.58. The van der Waals surface area contributed by atoms with Crippen molar-refractivity contribution in [1.29, 1.82) is 0 Å². The molecule has 110 valence electrons. The molecule has 0 N–H and O–H groups in total. The Labute approximate surface area is 127 Å². The van der Waals surface area contributed by atoms with Crippen LogP contribution in [-0.2, 0) is 0 Å². The van der Waals surface area contributed by atoms with Crippen LogP contribution in [0.1, 0.15) is 34.6 Å². The van der Waals surface area contributed by atoms with Crippen LogP contribution >= 0.6 is 0 Å². The summed E-state index contributed by atoms with van der Waals surface area (Å²) in [6.45, 7) is 10.4. The fourth-order valence-electron chi connectivity index (χ4n) is 3.26. The number of rotatable bonds is 0. The molecule has 1 unspecified atom stereocenters. The maximum Gasteiger partial charge on any atom is 0.145 e. The molecule has 3 aliphatic carbocycles. The zero-order chi connectivity index (χ0) is 15.5.